The van der Waals surface area contributed by atoms with Gasteiger partial charge in [-0.15, -0.1) is 11.3 Å². The fourth-order valence-electron chi connectivity index (χ4n) is 3.28. The predicted molar refractivity (Wildman–Crippen MR) is 111 cm³/mol. The average molecular weight is 449 g/mol. The van der Waals surface area contributed by atoms with Gasteiger partial charge in [0.05, 0.1) is 23.8 Å². The second-order valence-electron chi connectivity index (χ2n) is 6.79. The highest BCUT2D eigenvalue weighted by Gasteiger charge is 2.21. The van der Waals surface area contributed by atoms with Crippen LogP contribution in [0.2, 0.25) is 0 Å². The first-order valence-electron chi connectivity index (χ1n) is 9.40. The molecule has 11 heteroatoms. The number of morpholine rings is 1. The summed E-state index contributed by atoms with van der Waals surface area (Å²) >= 11 is 1.44. The van der Waals surface area contributed by atoms with Crippen molar-refractivity contribution in [2.24, 2.45) is 7.05 Å². The Morgan fingerprint density at radius 1 is 1.16 bits per heavy atom. The lowest BCUT2D eigenvalue weighted by atomic mass is 10.1. The van der Waals surface area contributed by atoms with Crippen LogP contribution in [0.3, 0.4) is 0 Å². The Kier molecular flexibility index (Phi) is 6.14. The van der Waals surface area contributed by atoms with Crippen molar-refractivity contribution in [3.63, 3.8) is 0 Å². The molecule has 5 heterocycles. The second-order valence-corrected chi connectivity index (χ2v) is 7.82. The van der Waals surface area contributed by atoms with Crippen LogP contribution in [-0.2, 0) is 11.8 Å². The molecule has 0 aliphatic carbocycles. The lowest BCUT2D eigenvalue weighted by Crippen LogP contribution is -2.40. The number of halogens is 3. The minimum absolute atomic E-state index is 0.0568. The van der Waals surface area contributed by atoms with E-state index < -0.39 is 6.68 Å². The summed E-state index contributed by atoms with van der Waals surface area (Å²) < 4.78 is 36.1. The second kappa shape index (κ2) is 8.98. The van der Waals surface area contributed by atoms with Gasteiger partial charge in [-0.2, -0.15) is 18.3 Å². The fourth-order valence-corrected chi connectivity index (χ4v) is 4.28. The van der Waals surface area contributed by atoms with E-state index >= 15 is 0 Å². The van der Waals surface area contributed by atoms with Gasteiger partial charge in [-0.25, -0.2) is 9.97 Å². The van der Waals surface area contributed by atoms with E-state index in [2.05, 4.69) is 10.1 Å². The highest BCUT2D eigenvalue weighted by atomic mass is 32.1. The highest BCUT2D eigenvalue weighted by Crippen LogP contribution is 2.29. The number of pyridine rings is 2. The molecule has 4 aromatic heterocycles. The number of aryl methyl sites for hydroxylation is 1. The van der Waals surface area contributed by atoms with Crippen molar-refractivity contribution in [3.05, 3.63) is 41.5 Å². The smallest absolute Gasteiger partial charge is 0.378 e. The summed E-state index contributed by atoms with van der Waals surface area (Å²) in [6.45, 7) is -1.18. The third-order valence-corrected chi connectivity index (χ3v) is 5.69. The molecule has 0 aromatic carbocycles. The maximum atomic E-state index is 12.7. The number of amides is 1. The van der Waals surface area contributed by atoms with Crippen LogP contribution in [0.15, 0.2) is 36.7 Å². The first kappa shape index (κ1) is 21.2. The van der Waals surface area contributed by atoms with Gasteiger partial charge in [0.25, 0.3) is 5.91 Å². The Balaban J connectivity index is 0.000000535. The maximum absolute atomic E-state index is 12.7. The Hall–Kier alpha value is -3.05. The molecule has 1 fully saturated rings. The van der Waals surface area contributed by atoms with Crippen LogP contribution in [-0.4, -0.2) is 63.5 Å². The van der Waals surface area contributed by atoms with Gasteiger partial charge in [-0.1, -0.05) is 0 Å². The van der Waals surface area contributed by atoms with E-state index in [4.69, 9.17) is 9.72 Å². The third kappa shape index (κ3) is 4.83. The van der Waals surface area contributed by atoms with Gasteiger partial charge in [0, 0.05) is 48.9 Å². The molecule has 1 amide bonds. The number of carbonyl (C=O) groups excluding carboxylic acids is 1. The molecule has 0 radical (unpaired) electrons. The molecule has 1 aliphatic rings. The molecular formula is C20H18F3N5O2S. The Morgan fingerprint density at radius 3 is 2.65 bits per heavy atom. The van der Waals surface area contributed by atoms with Crippen LogP contribution in [0.5, 0.6) is 0 Å². The molecule has 0 bridgehead atoms. The number of hydrogen-bond donors (Lipinski definition) is 0. The van der Waals surface area contributed by atoms with Crippen LogP contribution in [0, 0.1) is 0 Å². The van der Waals surface area contributed by atoms with Crippen LogP contribution < -0.4 is 0 Å². The van der Waals surface area contributed by atoms with Crippen molar-refractivity contribution in [2.75, 3.05) is 26.3 Å². The molecule has 162 valence electrons. The molecule has 0 atom stereocenters. The van der Waals surface area contributed by atoms with Gasteiger partial charge in [0.2, 0.25) is 0 Å². The lowest BCUT2D eigenvalue weighted by molar-refractivity contribution is 0.00818. The number of fused-ring (bicyclic) bond motifs is 2. The molecule has 4 aromatic rings. The van der Waals surface area contributed by atoms with Crippen molar-refractivity contribution in [3.8, 4) is 11.3 Å². The van der Waals surface area contributed by atoms with Gasteiger partial charge in [-0.05, 0) is 24.3 Å². The molecule has 0 spiro atoms. The van der Waals surface area contributed by atoms with E-state index in [9.17, 15) is 18.0 Å². The van der Waals surface area contributed by atoms with E-state index in [1.807, 2.05) is 42.4 Å². The molecule has 1 saturated heterocycles. The fraction of sp³-hybridized carbons (Fsp3) is 0.300. The maximum Gasteiger partial charge on any atom is 0.379 e. The van der Waals surface area contributed by atoms with Gasteiger partial charge in [0.1, 0.15) is 4.83 Å². The van der Waals surface area contributed by atoms with Gasteiger partial charge >= 0.3 is 6.68 Å². The van der Waals surface area contributed by atoms with Crippen LogP contribution in [0.1, 0.15) is 9.67 Å². The largest absolute Gasteiger partial charge is 0.379 e. The van der Waals surface area contributed by atoms with Crippen molar-refractivity contribution in [1.82, 2.24) is 24.6 Å². The van der Waals surface area contributed by atoms with Crippen LogP contribution in [0.4, 0.5) is 13.2 Å². The van der Waals surface area contributed by atoms with Gasteiger partial charge in [-0.3, -0.25) is 9.48 Å². The topological polar surface area (TPSA) is 73.1 Å². The number of rotatable bonds is 2. The summed E-state index contributed by atoms with van der Waals surface area (Å²) in [6, 6.07) is 7.95. The lowest BCUT2D eigenvalue weighted by Gasteiger charge is -2.26. The molecule has 0 unspecified atom stereocenters. The summed E-state index contributed by atoms with van der Waals surface area (Å²) in [5, 5.41) is 6.26. The monoisotopic (exact) mass is 449 g/mol. The summed E-state index contributed by atoms with van der Waals surface area (Å²) in [4.78, 5) is 25.3. The molecule has 0 saturated carbocycles. The van der Waals surface area contributed by atoms with E-state index in [0.29, 0.717) is 26.3 Å². The molecule has 5 rings (SSSR count). The number of alkyl halides is 3. The molecule has 7 nitrogen and oxygen atoms in total. The Bertz CT molecular complexity index is 1220. The van der Waals surface area contributed by atoms with Crippen LogP contribution in [0.25, 0.3) is 32.5 Å². The van der Waals surface area contributed by atoms with Gasteiger partial charge in [0.15, 0.2) is 5.65 Å². The molecule has 1 aliphatic heterocycles. The average Bonchev–Trinajstić information content (AvgIpc) is 3.34. The van der Waals surface area contributed by atoms with E-state index in [0.717, 1.165) is 37.4 Å². The normalized spacial score (nSPS) is 14.2. The minimum Gasteiger partial charge on any atom is -0.378 e. The van der Waals surface area contributed by atoms with Crippen molar-refractivity contribution < 1.29 is 22.7 Å². The number of hydrogen-bond acceptors (Lipinski definition) is 6. The van der Waals surface area contributed by atoms with Gasteiger partial charge < -0.3 is 9.64 Å². The molecular weight excluding hydrogens is 431 g/mol. The summed E-state index contributed by atoms with van der Waals surface area (Å²) in [5.74, 6) is 0.0568. The van der Waals surface area contributed by atoms with E-state index in [1.165, 1.54) is 11.3 Å². The molecule has 31 heavy (non-hydrogen) atoms. The number of nitrogens with zero attached hydrogens (tertiary/aromatic N) is 5. The SMILES string of the molecule is Cn1cc2cc(-c3ccc4cc(C(=O)N5CCOCC5)sc4n3)cnc2n1.FC(F)F. The van der Waals surface area contributed by atoms with Crippen molar-refractivity contribution in [2.45, 2.75) is 6.68 Å². The number of aromatic nitrogens is 4. The van der Waals surface area contributed by atoms with E-state index in [-0.39, 0.29) is 5.91 Å². The summed E-state index contributed by atoms with van der Waals surface area (Å²) in [5.41, 5.74) is 2.50. The minimum atomic E-state index is -3.67. The summed E-state index contributed by atoms with van der Waals surface area (Å²) in [6.07, 6.45) is 3.73. The van der Waals surface area contributed by atoms with Crippen molar-refractivity contribution >= 4 is 38.5 Å². The number of ether oxygens (including phenoxy) is 1. The van der Waals surface area contributed by atoms with E-state index in [1.54, 1.807) is 10.9 Å². The quantitative estimate of drug-likeness (QED) is 0.464. The van der Waals surface area contributed by atoms with Crippen molar-refractivity contribution in [1.29, 1.82) is 0 Å². The van der Waals surface area contributed by atoms with Crippen LogP contribution >= 0.6 is 11.3 Å². The number of carbonyl (C=O) groups is 1. The third-order valence-electron chi connectivity index (χ3n) is 4.66. The zero-order valence-corrected chi connectivity index (χ0v) is 17.3. The zero-order chi connectivity index (χ0) is 22.0. The summed E-state index contributed by atoms with van der Waals surface area (Å²) in [7, 11) is 1.88. The first-order valence-corrected chi connectivity index (χ1v) is 10.2. The highest BCUT2D eigenvalue weighted by molar-refractivity contribution is 7.20. The Morgan fingerprint density at radius 2 is 1.90 bits per heavy atom. The first-order chi connectivity index (χ1) is 14.9. The predicted octanol–water partition coefficient (Wildman–Crippen LogP) is 3.90. The number of thiophene rings is 1. The standard InChI is InChI=1S/C19H17N5O2S.CHF3/c1-23-11-14-8-13(10-20-17(14)22-23)15-3-2-12-9-16(27-18(12)21-15)19(25)24-4-6-26-7-5-24;2-1(3)4/h2-3,8-11H,4-7H2,1H3;1H. The molecule has 0 N–H and O–H groups in total. The zero-order valence-electron chi connectivity index (χ0n) is 16.5. The Labute approximate surface area is 179 Å².